The lowest BCUT2D eigenvalue weighted by Crippen LogP contribution is -2.39. The van der Waals surface area contributed by atoms with E-state index in [1.54, 1.807) is 17.0 Å². The van der Waals surface area contributed by atoms with Gasteiger partial charge < -0.3 is 15.0 Å². The Kier molecular flexibility index (Phi) is 4.39. The number of ether oxygens (including phenoxy) is 1. The van der Waals surface area contributed by atoms with Crippen LogP contribution in [0.2, 0.25) is 5.02 Å². The lowest BCUT2D eigenvalue weighted by Gasteiger charge is -2.18. The van der Waals surface area contributed by atoms with Crippen LogP contribution >= 0.6 is 11.6 Å². The first-order valence-electron chi connectivity index (χ1n) is 5.95. The molecule has 1 N–H and O–H groups in total. The molecule has 1 heterocycles. The van der Waals surface area contributed by atoms with Crippen LogP contribution in [-0.4, -0.2) is 38.1 Å². The highest BCUT2D eigenvalue weighted by Crippen LogP contribution is 2.28. The lowest BCUT2D eigenvalue weighted by molar-refractivity contribution is -0.125. The second-order valence-electron chi connectivity index (χ2n) is 4.36. The molecule has 0 saturated carbocycles. The van der Waals surface area contributed by atoms with Crippen molar-refractivity contribution in [3.63, 3.8) is 0 Å². The van der Waals surface area contributed by atoms with E-state index in [0.717, 1.165) is 0 Å². The number of nitrogens with zero attached hydrogens (tertiary/aromatic N) is 1. The van der Waals surface area contributed by atoms with Gasteiger partial charge in [-0.3, -0.25) is 9.59 Å². The van der Waals surface area contributed by atoms with Gasteiger partial charge in [-0.2, -0.15) is 0 Å². The fourth-order valence-corrected chi connectivity index (χ4v) is 2.35. The van der Waals surface area contributed by atoms with Crippen LogP contribution in [0.3, 0.4) is 0 Å². The monoisotopic (exact) mass is 282 g/mol. The zero-order valence-electron chi connectivity index (χ0n) is 10.6. The molecule has 1 aromatic rings. The zero-order chi connectivity index (χ0) is 13.8. The fraction of sp³-hybridized carbons (Fsp3) is 0.385. The highest BCUT2D eigenvalue weighted by atomic mass is 35.5. The predicted octanol–water partition coefficient (Wildman–Crippen LogP) is 1.21. The molecule has 1 saturated heterocycles. The molecule has 0 spiro atoms. The number of hydrogen-bond donors (Lipinski definition) is 1. The van der Waals surface area contributed by atoms with Crippen molar-refractivity contribution in [2.45, 2.75) is 12.5 Å². The molecule has 0 radical (unpaired) electrons. The number of para-hydroxylation sites is 1. The molecule has 5 nitrogen and oxygen atoms in total. The minimum absolute atomic E-state index is 0.00319. The third-order valence-electron chi connectivity index (χ3n) is 2.91. The number of rotatable bonds is 4. The van der Waals surface area contributed by atoms with Gasteiger partial charge in [-0.05, 0) is 12.1 Å². The van der Waals surface area contributed by atoms with E-state index in [0.29, 0.717) is 17.3 Å². The third kappa shape index (κ3) is 3.24. The molecule has 1 aliphatic rings. The summed E-state index contributed by atoms with van der Waals surface area (Å²) < 4.78 is 4.74. The summed E-state index contributed by atoms with van der Waals surface area (Å²) in [5.74, 6) is -0.267. The number of anilines is 1. The number of nitrogens with one attached hydrogen (secondary N) is 1. The molecule has 0 aliphatic carbocycles. The summed E-state index contributed by atoms with van der Waals surface area (Å²) >= 11 is 6.07. The average molecular weight is 283 g/mol. The standard InChI is InChI=1S/C13H15ClN2O3/c1-19-8-12(17)15-9-6-13(18)16(7-9)11-5-3-2-4-10(11)14/h2-5,9H,6-8H2,1H3,(H,15,17). The van der Waals surface area contributed by atoms with Gasteiger partial charge in [-0.25, -0.2) is 0 Å². The number of benzene rings is 1. The Labute approximate surface area is 116 Å². The Balaban J connectivity index is 2.04. The van der Waals surface area contributed by atoms with Crippen LogP contribution in [0.4, 0.5) is 5.69 Å². The molecule has 1 aliphatic heterocycles. The van der Waals surface area contributed by atoms with Gasteiger partial charge in [0.05, 0.1) is 16.8 Å². The number of hydrogen-bond acceptors (Lipinski definition) is 3. The Morgan fingerprint density at radius 2 is 2.26 bits per heavy atom. The zero-order valence-corrected chi connectivity index (χ0v) is 11.3. The Hall–Kier alpha value is -1.59. The van der Waals surface area contributed by atoms with E-state index in [2.05, 4.69) is 5.32 Å². The van der Waals surface area contributed by atoms with E-state index in [1.165, 1.54) is 7.11 Å². The van der Waals surface area contributed by atoms with E-state index < -0.39 is 0 Å². The largest absolute Gasteiger partial charge is 0.375 e. The van der Waals surface area contributed by atoms with E-state index in [-0.39, 0.29) is 30.9 Å². The van der Waals surface area contributed by atoms with Crippen molar-refractivity contribution in [1.29, 1.82) is 0 Å². The summed E-state index contributed by atoms with van der Waals surface area (Å²) in [6, 6.07) is 6.96. The molecular weight excluding hydrogens is 268 g/mol. The first kappa shape index (κ1) is 13.8. The summed E-state index contributed by atoms with van der Waals surface area (Å²) in [5, 5.41) is 3.29. The number of carbonyl (C=O) groups is 2. The van der Waals surface area contributed by atoms with Crippen LogP contribution in [0.15, 0.2) is 24.3 Å². The van der Waals surface area contributed by atoms with E-state index in [4.69, 9.17) is 16.3 Å². The minimum Gasteiger partial charge on any atom is -0.375 e. The molecule has 1 fully saturated rings. The van der Waals surface area contributed by atoms with Crippen molar-refractivity contribution in [3.05, 3.63) is 29.3 Å². The Bertz CT molecular complexity index is 493. The molecule has 1 aromatic carbocycles. The van der Waals surface area contributed by atoms with Crippen molar-refractivity contribution < 1.29 is 14.3 Å². The van der Waals surface area contributed by atoms with Gasteiger partial charge >= 0.3 is 0 Å². The molecule has 0 bridgehead atoms. The second kappa shape index (κ2) is 6.04. The van der Waals surface area contributed by atoms with Crippen molar-refractivity contribution in [3.8, 4) is 0 Å². The van der Waals surface area contributed by atoms with Crippen LogP contribution in [-0.2, 0) is 14.3 Å². The first-order valence-corrected chi connectivity index (χ1v) is 6.33. The summed E-state index contributed by atoms with van der Waals surface area (Å²) in [6.45, 7) is 0.425. The molecule has 0 aromatic heterocycles. The molecule has 2 rings (SSSR count). The van der Waals surface area contributed by atoms with Gasteiger partial charge in [-0.1, -0.05) is 23.7 Å². The van der Waals surface area contributed by atoms with Crippen LogP contribution in [0.25, 0.3) is 0 Å². The number of methoxy groups -OCH3 is 1. The number of halogens is 1. The summed E-state index contributed by atoms with van der Waals surface area (Å²) in [4.78, 5) is 25.0. The van der Waals surface area contributed by atoms with Gasteiger partial charge in [0.15, 0.2) is 0 Å². The second-order valence-corrected chi connectivity index (χ2v) is 4.76. The SMILES string of the molecule is COCC(=O)NC1CC(=O)N(c2ccccc2Cl)C1. The molecular formula is C13H15ClN2O3. The Morgan fingerprint density at radius 3 is 2.95 bits per heavy atom. The molecule has 19 heavy (non-hydrogen) atoms. The normalized spacial score (nSPS) is 18.7. The maximum atomic E-state index is 12.0. The van der Waals surface area contributed by atoms with Gasteiger partial charge in [0.1, 0.15) is 6.61 Å². The van der Waals surface area contributed by atoms with Gasteiger partial charge in [-0.15, -0.1) is 0 Å². The van der Waals surface area contributed by atoms with Crippen molar-refractivity contribution >= 4 is 29.1 Å². The number of amides is 2. The van der Waals surface area contributed by atoms with Gasteiger partial charge in [0.2, 0.25) is 11.8 Å². The van der Waals surface area contributed by atoms with Crippen molar-refractivity contribution in [2.24, 2.45) is 0 Å². The molecule has 6 heteroatoms. The highest BCUT2D eigenvalue weighted by Gasteiger charge is 2.32. The van der Waals surface area contributed by atoms with Crippen LogP contribution in [0.1, 0.15) is 6.42 Å². The third-order valence-corrected chi connectivity index (χ3v) is 3.23. The van der Waals surface area contributed by atoms with Crippen molar-refractivity contribution in [2.75, 3.05) is 25.2 Å². The fourth-order valence-electron chi connectivity index (χ4n) is 2.11. The van der Waals surface area contributed by atoms with Crippen LogP contribution < -0.4 is 10.2 Å². The number of carbonyl (C=O) groups excluding carboxylic acids is 2. The average Bonchev–Trinajstić information content (AvgIpc) is 2.71. The van der Waals surface area contributed by atoms with Crippen LogP contribution in [0.5, 0.6) is 0 Å². The maximum absolute atomic E-state index is 12.0. The smallest absolute Gasteiger partial charge is 0.246 e. The van der Waals surface area contributed by atoms with E-state index >= 15 is 0 Å². The maximum Gasteiger partial charge on any atom is 0.246 e. The topological polar surface area (TPSA) is 58.6 Å². The van der Waals surface area contributed by atoms with E-state index in [9.17, 15) is 9.59 Å². The highest BCUT2D eigenvalue weighted by molar-refractivity contribution is 6.33. The molecule has 1 unspecified atom stereocenters. The van der Waals surface area contributed by atoms with Crippen molar-refractivity contribution in [1.82, 2.24) is 5.32 Å². The van der Waals surface area contributed by atoms with Crippen LogP contribution in [0, 0.1) is 0 Å². The molecule has 1 atom stereocenters. The summed E-state index contributed by atoms with van der Waals surface area (Å²) in [7, 11) is 1.45. The van der Waals surface area contributed by atoms with Gasteiger partial charge in [0, 0.05) is 20.1 Å². The lowest BCUT2D eigenvalue weighted by atomic mass is 10.2. The predicted molar refractivity (Wildman–Crippen MR) is 72.2 cm³/mol. The summed E-state index contributed by atoms with van der Waals surface area (Å²) in [5.41, 5.74) is 0.678. The van der Waals surface area contributed by atoms with Gasteiger partial charge in [0.25, 0.3) is 0 Å². The summed E-state index contributed by atoms with van der Waals surface area (Å²) in [6.07, 6.45) is 0.278. The first-order chi connectivity index (χ1) is 9.11. The minimum atomic E-state index is -0.221. The van der Waals surface area contributed by atoms with E-state index in [1.807, 2.05) is 12.1 Å². The molecule has 102 valence electrons. The quantitative estimate of drug-likeness (QED) is 0.903. The molecule has 2 amide bonds. The Morgan fingerprint density at radius 1 is 1.53 bits per heavy atom.